The highest BCUT2D eigenvalue weighted by atomic mass is 16.5. The van der Waals surface area contributed by atoms with Crippen LogP contribution in [0.1, 0.15) is 11.6 Å². The molecule has 0 aliphatic heterocycles. The Morgan fingerprint density at radius 3 is 2.94 bits per heavy atom. The van der Waals surface area contributed by atoms with Crippen molar-refractivity contribution in [3.05, 3.63) is 29.8 Å². The maximum atomic E-state index is 5.45. The van der Waals surface area contributed by atoms with Gasteiger partial charge in [-0.1, -0.05) is 5.16 Å². The molecule has 2 aromatic heterocycles. The second-order valence-corrected chi connectivity index (χ2v) is 4.16. The van der Waals surface area contributed by atoms with Crippen LogP contribution in [0.25, 0.3) is 22.3 Å². The average molecular weight is 243 g/mol. The summed E-state index contributed by atoms with van der Waals surface area (Å²) in [6, 6.07) is 5.97. The number of aromatic nitrogens is 4. The molecule has 0 atom stereocenters. The Bertz CT molecular complexity index is 712. The van der Waals surface area contributed by atoms with E-state index in [1.54, 1.807) is 0 Å². The van der Waals surface area contributed by atoms with E-state index in [0.717, 1.165) is 22.2 Å². The quantitative estimate of drug-likeness (QED) is 0.735. The van der Waals surface area contributed by atoms with Crippen molar-refractivity contribution in [2.45, 2.75) is 13.5 Å². The number of aryl methyl sites for hydroxylation is 2. The molecule has 2 heterocycles. The van der Waals surface area contributed by atoms with Gasteiger partial charge in [-0.05, 0) is 25.1 Å². The van der Waals surface area contributed by atoms with Gasteiger partial charge in [-0.25, -0.2) is 0 Å². The first-order chi connectivity index (χ1) is 8.69. The molecule has 0 unspecified atom stereocenters. The molecule has 18 heavy (non-hydrogen) atoms. The van der Waals surface area contributed by atoms with Crippen LogP contribution in [0.15, 0.2) is 22.7 Å². The summed E-state index contributed by atoms with van der Waals surface area (Å²) in [6.07, 6.45) is 0. The molecule has 0 amide bonds. The molecule has 0 bridgehead atoms. The predicted molar refractivity (Wildman–Crippen MR) is 66.6 cm³/mol. The van der Waals surface area contributed by atoms with Crippen LogP contribution in [0.5, 0.6) is 0 Å². The number of hydrogen-bond donors (Lipinski definition) is 1. The van der Waals surface area contributed by atoms with E-state index in [2.05, 4.69) is 15.2 Å². The zero-order valence-electron chi connectivity index (χ0n) is 10.2. The van der Waals surface area contributed by atoms with Crippen LogP contribution in [0, 0.1) is 6.92 Å². The minimum absolute atomic E-state index is 0.251. The lowest BCUT2D eigenvalue weighted by Gasteiger charge is -1.96. The molecule has 0 spiro atoms. The van der Waals surface area contributed by atoms with Crippen molar-refractivity contribution >= 4 is 10.9 Å². The van der Waals surface area contributed by atoms with Gasteiger partial charge in [0, 0.05) is 18.0 Å². The van der Waals surface area contributed by atoms with Gasteiger partial charge >= 0.3 is 0 Å². The maximum absolute atomic E-state index is 5.45. The lowest BCUT2D eigenvalue weighted by atomic mass is 10.1. The van der Waals surface area contributed by atoms with E-state index in [0.29, 0.717) is 11.7 Å². The third kappa shape index (κ3) is 1.58. The van der Waals surface area contributed by atoms with Crippen molar-refractivity contribution in [1.29, 1.82) is 0 Å². The fourth-order valence-corrected chi connectivity index (χ4v) is 2.03. The normalized spacial score (nSPS) is 11.3. The second-order valence-electron chi connectivity index (χ2n) is 4.16. The van der Waals surface area contributed by atoms with Crippen LogP contribution in [0.2, 0.25) is 0 Å². The van der Waals surface area contributed by atoms with Crippen LogP contribution in [0.3, 0.4) is 0 Å². The van der Waals surface area contributed by atoms with Crippen LogP contribution >= 0.6 is 0 Å². The standard InChI is InChI=1S/C12H13N5O/c1-7-9-5-8(3-4-10(9)17(2)15-7)12-14-11(6-13)18-16-12/h3-5H,6,13H2,1-2H3. The fourth-order valence-electron chi connectivity index (χ4n) is 2.03. The van der Waals surface area contributed by atoms with Crippen LogP contribution in [0.4, 0.5) is 0 Å². The van der Waals surface area contributed by atoms with Gasteiger partial charge < -0.3 is 10.3 Å². The molecule has 0 saturated heterocycles. The van der Waals surface area contributed by atoms with Crippen molar-refractivity contribution in [1.82, 2.24) is 19.9 Å². The molecule has 0 saturated carbocycles. The Morgan fingerprint density at radius 1 is 1.39 bits per heavy atom. The molecule has 6 nitrogen and oxygen atoms in total. The Kier molecular flexibility index (Phi) is 2.38. The van der Waals surface area contributed by atoms with Crippen LogP contribution in [-0.4, -0.2) is 19.9 Å². The van der Waals surface area contributed by atoms with Crippen LogP contribution < -0.4 is 5.73 Å². The average Bonchev–Trinajstić information content (AvgIpc) is 2.95. The third-order valence-corrected chi connectivity index (χ3v) is 2.94. The van der Waals surface area contributed by atoms with E-state index in [-0.39, 0.29) is 6.54 Å². The predicted octanol–water partition coefficient (Wildman–Crippen LogP) is 1.39. The molecular weight excluding hydrogens is 230 g/mol. The Hall–Kier alpha value is -2.21. The van der Waals surface area contributed by atoms with Gasteiger partial charge in [0.15, 0.2) is 0 Å². The highest BCUT2D eigenvalue weighted by molar-refractivity contribution is 5.85. The Balaban J connectivity index is 2.15. The Labute approximate surface area is 103 Å². The Morgan fingerprint density at radius 2 is 2.22 bits per heavy atom. The molecule has 0 aliphatic rings. The second kappa shape index (κ2) is 3.92. The van der Waals surface area contributed by atoms with E-state index < -0.39 is 0 Å². The number of nitrogens with two attached hydrogens (primary N) is 1. The number of rotatable bonds is 2. The monoisotopic (exact) mass is 243 g/mol. The maximum Gasteiger partial charge on any atom is 0.240 e. The first kappa shape index (κ1) is 10.9. The first-order valence-corrected chi connectivity index (χ1v) is 5.65. The molecule has 6 heteroatoms. The van der Waals surface area contributed by atoms with E-state index in [1.165, 1.54) is 0 Å². The van der Waals surface area contributed by atoms with Gasteiger partial charge in [0.1, 0.15) is 0 Å². The first-order valence-electron chi connectivity index (χ1n) is 5.65. The zero-order valence-corrected chi connectivity index (χ0v) is 10.2. The van der Waals surface area contributed by atoms with Gasteiger partial charge in [-0.3, -0.25) is 4.68 Å². The van der Waals surface area contributed by atoms with Gasteiger partial charge in [0.2, 0.25) is 11.7 Å². The molecule has 0 radical (unpaired) electrons. The summed E-state index contributed by atoms with van der Waals surface area (Å²) in [5.74, 6) is 0.994. The van der Waals surface area contributed by atoms with Crippen molar-refractivity contribution in [2.75, 3.05) is 0 Å². The lowest BCUT2D eigenvalue weighted by Crippen LogP contribution is -1.95. The van der Waals surface area contributed by atoms with E-state index >= 15 is 0 Å². The van der Waals surface area contributed by atoms with E-state index in [4.69, 9.17) is 10.3 Å². The van der Waals surface area contributed by atoms with Crippen molar-refractivity contribution < 1.29 is 4.52 Å². The van der Waals surface area contributed by atoms with Gasteiger partial charge in [0.05, 0.1) is 17.8 Å². The molecule has 3 aromatic rings. The smallest absolute Gasteiger partial charge is 0.240 e. The molecule has 1 aromatic carbocycles. The van der Waals surface area contributed by atoms with Crippen molar-refractivity contribution in [3.8, 4) is 11.4 Å². The summed E-state index contributed by atoms with van der Waals surface area (Å²) in [7, 11) is 1.93. The van der Waals surface area contributed by atoms with E-state index in [9.17, 15) is 0 Å². The summed E-state index contributed by atoms with van der Waals surface area (Å²) in [5, 5.41) is 9.38. The van der Waals surface area contributed by atoms with Gasteiger partial charge in [-0.15, -0.1) is 0 Å². The summed E-state index contributed by atoms with van der Waals surface area (Å²) in [6.45, 7) is 2.23. The molecular formula is C12H13N5O. The molecule has 0 aliphatic carbocycles. The minimum atomic E-state index is 0.251. The SMILES string of the molecule is Cc1nn(C)c2ccc(-c3noc(CN)n3)cc12. The zero-order chi connectivity index (χ0) is 12.7. The number of fused-ring (bicyclic) bond motifs is 1. The van der Waals surface area contributed by atoms with Gasteiger partial charge in [0.25, 0.3) is 0 Å². The number of hydrogen-bond acceptors (Lipinski definition) is 5. The lowest BCUT2D eigenvalue weighted by molar-refractivity contribution is 0.380. The molecule has 3 rings (SSSR count). The minimum Gasteiger partial charge on any atom is -0.338 e. The fraction of sp³-hybridized carbons (Fsp3) is 0.250. The summed E-state index contributed by atoms with van der Waals surface area (Å²) < 4.78 is 6.87. The van der Waals surface area contributed by atoms with E-state index in [1.807, 2.05) is 36.9 Å². The third-order valence-electron chi connectivity index (χ3n) is 2.94. The van der Waals surface area contributed by atoms with Crippen molar-refractivity contribution in [3.63, 3.8) is 0 Å². The molecule has 2 N–H and O–H groups in total. The summed E-state index contributed by atoms with van der Waals surface area (Å²) in [4.78, 5) is 4.21. The highest BCUT2D eigenvalue weighted by Gasteiger charge is 2.10. The highest BCUT2D eigenvalue weighted by Crippen LogP contribution is 2.24. The van der Waals surface area contributed by atoms with Gasteiger partial charge in [-0.2, -0.15) is 10.1 Å². The summed E-state index contributed by atoms with van der Waals surface area (Å²) >= 11 is 0. The number of nitrogens with zero attached hydrogens (tertiary/aromatic N) is 4. The molecule has 0 fully saturated rings. The summed E-state index contributed by atoms with van der Waals surface area (Å²) in [5.41, 5.74) is 8.42. The largest absolute Gasteiger partial charge is 0.338 e. The number of benzene rings is 1. The topological polar surface area (TPSA) is 82.8 Å². The van der Waals surface area contributed by atoms with Crippen LogP contribution in [-0.2, 0) is 13.6 Å². The molecule has 92 valence electrons. The van der Waals surface area contributed by atoms with Crippen molar-refractivity contribution in [2.24, 2.45) is 12.8 Å².